The minimum absolute atomic E-state index is 0.101. The Hall–Kier alpha value is -1.20. The molecule has 1 amide bonds. The lowest BCUT2D eigenvalue weighted by Gasteiger charge is -2.04. The molecule has 2 heterocycles. The van der Waals surface area contributed by atoms with Crippen molar-refractivity contribution in [2.75, 3.05) is 0 Å². The van der Waals surface area contributed by atoms with Crippen molar-refractivity contribution in [1.29, 1.82) is 0 Å². The van der Waals surface area contributed by atoms with E-state index in [1.165, 1.54) is 5.56 Å². The van der Waals surface area contributed by atoms with Crippen LogP contribution in [-0.2, 0) is 6.54 Å². The Bertz CT molecular complexity index is 522. The van der Waals surface area contributed by atoms with Crippen LogP contribution in [0.1, 0.15) is 21.5 Å². The number of rotatable bonds is 3. The molecule has 0 bridgehead atoms. The fourth-order valence-corrected chi connectivity index (χ4v) is 2.45. The molecule has 2 aromatic heterocycles. The number of carbonyl (C=O) groups is 1. The van der Waals surface area contributed by atoms with Crippen LogP contribution in [0.25, 0.3) is 0 Å². The van der Waals surface area contributed by atoms with Crippen molar-refractivity contribution in [2.24, 2.45) is 0 Å². The van der Waals surface area contributed by atoms with Gasteiger partial charge in [-0.25, -0.2) is 4.98 Å². The number of pyridine rings is 1. The van der Waals surface area contributed by atoms with Gasteiger partial charge < -0.3 is 5.32 Å². The highest BCUT2D eigenvalue weighted by Crippen LogP contribution is 2.13. The van der Waals surface area contributed by atoms with Crippen LogP contribution in [0.15, 0.2) is 33.7 Å². The van der Waals surface area contributed by atoms with Gasteiger partial charge in [0.25, 0.3) is 5.91 Å². The number of hydrogen-bond donors (Lipinski definition) is 1. The molecule has 0 radical (unpaired) electrons. The molecule has 88 valence electrons. The molecule has 0 aliphatic rings. The van der Waals surface area contributed by atoms with E-state index in [2.05, 4.69) is 37.0 Å². The summed E-state index contributed by atoms with van der Waals surface area (Å²) in [6.07, 6.45) is 1.56. The van der Waals surface area contributed by atoms with E-state index in [0.29, 0.717) is 12.1 Å². The van der Waals surface area contributed by atoms with Gasteiger partial charge in [-0.3, -0.25) is 4.79 Å². The number of thiophene rings is 1. The Labute approximate surface area is 112 Å². The van der Waals surface area contributed by atoms with Crippen LogP contribution >= 0.6 is 27.3 Å². The molecule has 2 rings (SSSR count). The van der Waals surface area contributed by atoms with Gasteiger partial charge in [0.15, 0.2) is 0 Å². The summed E-state index contributed by atoms with van der Waals surface area (Å²) in [6.45, 7) is 2.60. The first kappa shape index (κ1) is 12.3. The van der Waals surface area contributed by atoms with Crippen LogP contribution in [0, 0.1) is 6.92 Å². The molecule has 0 aromatic carbocycles. The maximum atomic E-state index is 11.8. The molecular weight excluding hydrogens is 300 g/mol. The van der Waals surface area contributed by atoms with Crippen molar-refractivity contribution in [3.05, 3.63) is 50.4 Å². The SMILES string of the molecule is Cc1cscc1CNC(=O)c1ccc(Br)nc1. The van der Waals surface area contributed by atoms with E-state index in [1.807, 2.05) is 6.92 Å². The molecule has 5 heteroatoms. The number of aromatic nitrogens is 1. The van der Waals surface area contributed by atoms with Crippen LogP contribution in [0.4, 0.5) is 0 Å². The van der Waals surface area contributed by atoms with Crippen molar-refractivity contribution in [3.63, 3.8) is 0 Å². The standard InChI is InChI=1S/C12H11BrN2OS/c1-8-6-17-7-10(8)5-15-12(16)9-2-3-11(13)14-4-9/h2-4,6-7H,5H2,1H3,(H,15,16). The lowest BCUT2D eigenvalue weighted by Crippen LogP contribution is -2.22. The molecule has 17 heavy (non-hydrogen) atoms. The maximum absolute atomic E-state index is 11.8. The van der Waals surface area contributed by atoms with Crippen molar-refractivity contribution < 1.29 is 4.79 Å². The zero-order valence-electron chi connectivity index (χ0n) is 9.24. The number of halogens is 1. The summed E-state index contributed by atoms with van der Waals surface area (Å²) < 4.78 is 0.725. The predicted molar refractivity (Wildman–Crippen MR) is 72.2 cm³/mol. The van der Waals surface area contributed by atoms with Crippen LogP contribution < -0.4 is 5.32 Å². The quantitative estimate of drug-likeness (QED) is 0.885. The third kappa shape index (κ3) is 3.14. The summed E-state index contributed by atoms with van der Waals surface area (Å²) in [7, 11) is 0. The molecule has 0 atom stereocenters. The highest BCUT2D eigenvalue weighted by molar-refractivity contribution is 9.10. The Morgan fingerprint density at radius 2 is 2.29 bits per heavy atom. The van der Waals surface area contributed by atoms with Crippen molar-refractivity contribution in [1.82, 2.24) is 10.3 Å². The van der Waals surface area contributed by atoms with E-state index in [4.69, 9.17) is 0 Å². The Morgan fingerprint density at radius 1 is 1.47 bits per heavy atom. The summed E-state index contributed by atoms with van der Waals surface area (Å²) in [5, 5.41) is 7.00. The first-order valence-electron chi connectivity index (χ1n) is 5.08. The van der Waals surface area contributed by atoms with E-state index in [1.54, 1.807) is 29.7 Å². The highest BCUT2D eigenvalue weighted by Gasteiger charge is 2.06. The van der Waals surface area contributed by atoms with Gasteiger partial charge in [0.2, 0.25) is 0 Å². The number of nitrogens with one attached hydrogen (secondary N) is 1. The molecule has 1 N–H and O–H groups in total. The molecule has 0 aliphatic heterocycles. The Morgan fingerprint density at radius 3 is 2.88 bits per heavy atom. The van der Waals surface area contributed by atoms with Crippen LogP contribution in [0.5, 0.6) is 0 Å². The largest absolute Gasteiger partial charge is 0.348 e. The van der Waals surface area contributed by atoms with Gasteiger partial charge in [0.05, 0.1) is 5.56 Å². The number of nitrogens with zero attached hydrogens (tertiary/aromatic N) is 1. The summed E-state index contributed by atoms with van der Waals surface area (Å²) in [6, 6.07) is 3.50. The minimum Gasteiger partial charge on any atom is -0.348 e. The molecular formula is C12H11BrN2OS. The monoisotopic (exact) mass is 310 g/mol. The minimum atomic E-state index is -0.101. The fraction of sp³-hybridized carbons (Fsp3) is 0.167. The van der Waals surface area contributed by atoms with Crippen LogP contribution in [0.2, 0.25) is 0 Å². The van der Waals surface area contributed by atoms with Gasteiger partial charge >= 0.3 is 0 Å². The third-order valence-electron chi connectivity index (χ3n) is 2.39. The average Bonchev–Trinajstić information content (AvgIpc) is 2.73. The number of hydrogen-bond acceptors (Lipinski definition) is 3. The normalized spacial score (nSPS) is 10.2. The zero-order chi connectivity index (χ0) is 12.3. The first-order valence-corrected chi connectivity index (χ1v) is 6.82. The third-order valence-corrected chi connectivity index (χ3v) is 3.77. The van der Waals surface area contributed by atoms with Crippen molar-refractivity contribution in [3.8, 4) is 0 Å². The Balaban J connectivity index is 1.98. The lowest BCUT2D eigenvalue weighted by molar-refractivity contribution is 0.0950. The summed E-state index contributed by atoms with van der Waals surface area (Å²) in [5.41, 5.74) is 2.94. The van der Waals surface area contributed by atoms with E-state index >= 15 is 0 Å². The summed E-state index contributed by atoms with van der Waals surface area (Å²) in [5.74, 6) is -0.101. The van der Waals surface area contributed by atoms with E-state index in [-0.39, 0.29) is 5.91 Å². The average molecular weight is 311 g/mol. The second kappa shape index (κ2) is 5.42. The van der Waals surface area contributed by atoms with Gasteiger partial charge in [0.1, 0.15) is 4.60 Å². The van der Waals surface area contributed by atoms with Gasteiger partial charge in [-0.05, 0) is 56.9 Å². The molecule has 0 aliphatic carbocycles. The number of amides is 1. The zero-order valence-corrected chi connectivity index (χ0v) is 11.6. The topological polar surface area (TPSA) is 42.0 Å². The summed E-state index contributed by atoms with van der Waals surface area (Å²) >= 11 is 4.88. The molecule has 0 spiro atoms. The van der Waals surface area contributed by atoms with Crippen molar-refractivity contribution in [2.45, 2.75) is 13.5 Å². The second-order valence-electron chi connectivity index (χ2n) is 3.63. The second-order valence-corrected chi connectivity index (χ2v) is 5.19. The first-order chi connectivity index (χ1) is 8.16. The Kier molecular flexibility index (Phi) is 3.91. The predicted octanol–water partition coefficient (Wildman–Crippen LogP) is 3.14. The molecule has 3 nitrogen and oxygen atoms in total. The fourth-order valence-electron chi connectivity index (χ4n) is 1.36. The van der Waals surface area contributed by atoms with Gasteiger partial charge in [0, 0.05) is 12.7 Å². The van der Waals surface area contributed by atoms with Crippen LogP contribution in [0.3, 0.4) is 0 Å². The molecule has 0 saturated heterocycles. The maximum Gasteiger partial charge on any atom is 0.253 e. The van der Waals surface area contributed by atoms with E-state index in [0.717, 1.165) is 10.2 Å². The molecule has 0 unspecified atom stereocenters. The number of aryl methyl sites for hydroxylation is 1. The van der Waals surface area contributed by atoms with Gasteiger partial charge in [-0.1, -0.05) is 0 Å². The number of carbonyl (C=O) groups excluding carboxylic acids is 1. The molecule has 2 aromatic rings. The molecule has 0 saturated carbocycles. The highest BCUT2D eigenvalue weighted by atomic mass is 79.9. The summed E-state index contributed by atoms with van der Waals surface area (Å²) in [4.78, 5) is 15.8. The smallest absolute Gasteiger partial charge is 0.253 e. The van der Waals surface area contributed by atoms with E-state index in [9.17, 15) is 4.79 Å². The van der Waals surface area contributed by atoms with Gasteiger partial charge in [-0.15, -0.1) is 0 Å². The van der Waals surface area contributed by atoms with Crippen molar-refractivity contribution >= 4 is 33.2 Å². The van der Waals surface area contributed by atoms with Gasteiger partial charge in [-0.2, -0.15) is 11.3 Å². The van der Waals surface area contributed by atoms with E-state index < -0.39 is 0 Å². The van der Waals surface area contributed by atoms with Crippen LogP contribution in [-0.4, -0.2) is 10.9 Å². The molecule has 0 fully saturated rings. The lowest BCUT2D eigenvalue weighted by atomic mass is 10.2.